The van der Waals surface area contributed by atoms with E-state index >= 15 is 0 Å². The maximum atomic E-state index is 12.0. The molecule has 0 atom stereocenters. The van der Waals surface area contributed by atoms with Crippen LogP contribution in [0.25, 0.3) is 0 Å². The Morgan fingerprint density at radius 2 is 1.70 bits per heavy atom. The van der Waals surface area contributed by atoms with Crippen LogP contribution in [0.5, 0.6) is 0 Å². The van der Waals surface area contributed by atoms with Crippen LogP contribution in [0.3, 0.4) is 0 Å². The van der Waals surface area contributed by atoms with Gasteiger partial charge in [0.15, 0.2) is 0 Å². The summed E-state index contributed by atoms with van der Waals surface area (Å²) in [6.07, 6.45) is 7.50. The molecule has 2 rings (SSSR count). The predicted octanol–water partition coefficient (Wildman–Crippen LogP) is 0.853. The Labute approximate surface area is 121 Å². The number of nitrogens with one attached hydrogen (secondary N) is 1. The second-order valence-electron chi connectivity index (χ2n) is 5.84. The third-order valence-electron chi connectivity index (χ3n) is 4.26. The van der Waals surface area contributed by atoms with Crippen molar-refractivity contribution in [3.63, 3.8) is 0 Å². The van der Waals surface area contributed by atoms with Crippen LogP contribution in [0.15, 0.2) is 0 Å². The molecule has 116 valence electrons. The van der Waals surface area contributed by atoms with Crippen LogP contribution in [0.1, 0.15) is 32.1 Å². The lowest BCUT2D eigenvalue weighted by atomic mass is 9.89. The quantitative estimate of drug-likeness (QED) is 0.840. The van der Waals surface area contributed by atoms with E-state index in [1.165, 1.54) is 42.7 Å². The number of piperazine rings is 1. The molecular weight excluding hydrogens is 278 g/mol. The second kappa shape index (κ2) is 6.76. The van der Waals surface area contributed by atoms with Gasteiger partial charge in [-0.25, -0.2) is 13.2 Å². The molecule has 0 unspecified atom stereocenters. The number of carbonyl (C=O) groups excluding carboxylic acids is 1. The van der Waals surface area contributed by atoms with Gasteiger partial charge in [-0.2, -0.15) is 4.31 Å². The third-order valence-corrected chi connectivity index (χ3v) is 5.56. The molecule has 1 saturated heterocycles. The molecule has 0 aromatic heterocycles. The van der Waals surface area contributed by atoms with Crippen LogP contribution in [-0.4, -0.2) is 62.6 Å². The number of rotatable bonds is 3. The fourth-order valence-corrected chi connectivity index (χ4v) is 3.78. The number of hydrogen-bond acceptors (Lipinski definition) is 3. The SMILES string of the molecule is CS(=O)(=O)N1CCN(C(=O)NCC2CCCCC2)CC1. The average Bonchev–Trinajstić information content (AvgIpc) is 2.45. The molecule has 2 amide bonds. The summed E-state index contributed by atoms with van der Waals surface area (Å²) in [5.74, 6) is 0.616. The molecule has 1 aliphatic carbocycles. The van der Waals surface area contributed by atoms with E-state index in [0.717, 1.165) is 6.54 Å². The minimum absolute atomic E-state index is 0.0521. The molecule has 1 heterocycles. The molecule has 2 fully saturated rings. The van der Waals surface area contributed by atoms with Crippen LogP contribution in [-0.2, 0) is 10.0 Å². The molecule has 0 aromatic carbocycles. The first-order valence-electron chi connectivity index (χ1n) is 7.45. The topological polar surface area (TPSA) is 69.7 Å². The predicted molar refractivity (Wildman–Crippen MR) is 78.0 cm³/mol. The van der Waals surface area contributed by atoms with E-state index in [1.54, 1.807) is 4.90 Å². The van der Waals surface area contributed by atoms with Gasteiger partial charge in [-0.1, -0.05) is 19.3 Å². The summed E-state index contributed by atoms with van der Waals surface area (Å²) >= 11 is 0. The van der Waals surface area contributed by atoms with Crippen LogP contribution in [0, 0.1) is 5.92 Å². The number of urea groups is 1. The summed E-state index contributed by atoms with van der Waals surface area (Å²) in [4.78, 5) is 13.8. The Morgan fingerprint density at radius 3 is 2.25 bits per heavy atom. The van der Waals surface area contributed by atoms with Gasteiger partial charge in [0.2, 0.25) is 10.0 Å². The molecule has 6 nitrogen and oxygen atoms in total. The van der Waals surface area contributed by atoms with Crippen molar-refractivity contribution >= 4 is 16.1 Å². The summed E-state index contributed by atoms with van der Waals surface area (Å²) < 4.78 is 24.2. The van der Waals surface area contributed by atoms with Crippen molar-refractivity contribution in [1.29, 1.82) is 0 Å². The molecule has 1 aliphatic heterocycles. The number of amides is 2. The van der Waals surface area contributed by atoms with Gasteiger partial charge in [-0.15, -0.1) is 0 Å². The molecule has 20 heavy (non-hydrogen) atoms. The number of sulfonamides is 1. The maximum absolute atomic E-state index is 12.0. The van der Waals surface area contributed by atoms with E-state index in [9.17, 15) is 13.2 Å². The minimum atomic E-state index is -3.13. The van der Waals surface area contributed by atoms with Crippen LogP contribution >= 0.6 is 0 Å². The zero-order valence-corrected chi connectivity index (χ0v) is 13.0. The highest BCUT2D eigenvalue weighted by Gasteiger charge is 2.26. The average molecular weight is 303 g/mol. The van der Waals surface area contributed by atoms with Gasteiger partial charge >= 0.3 is 6.03 Å². The van der Waals surface area contributed by atoms with Gasteiger partial charge in [0.25, 0.3) is 0 Å². The standard InChI is InChI=1S/C13H25N3O3S/c1-20(18,19)16-9-7-15(8-10-16)13(17)14-11-12-5-3-2-4-6-12/h12H,2-11H2,1H3,(H,14,17). The summed E-state index contributed by atoms with van der Waals surface area (Å²) in [6, 6.07) is -0.0521. The van der Waals surface area contributed by atoms with Crippen LogP contribution in [0.2, 0.25) is 0 Å². The molecule has 1 saturated carbocycles. The fourth-order valence-electron chi connectivity index (χ4n) is 2.96. The smallest absolute Gasteiger partial charge is 0.317 e. The molecule has 0 spiro atoms. The van der Waals surface area contributed by atoms with Crippen molar-refractivity contribution in [3.05, 3.63) is 0 Å². The van der Waals surface area contributed by atoms with Gasteiger partial charge in [-0.3, -0.25) is 0 Å². The first kappa shape index (κ1) is 15.6. The van der Waals surface area contributed by atoms with E-state index in [-0.39, 0.29) is 6.03 Å². The van der Waals surface area contributed by atoms with Crippen molar-refractivity contribution in [1.82, 2.24) is 14.5 Å². The van der Waals surface area contributed by atoms with Crippen molar-refractivity contribution in [2.75, 3.05) is 39.0 Å². The Balaban J connectivity index is 1.71. The van der Waals surface area contributed by atoms with E-state index < -0.39 is 10.0 Å². The van der Waals surface area contributed by atoms with E-state index in [0.29, 0.717) is 32.1 Å². The van der Waals surface area contributed by atoms with Crippen molar-refractivity contribution < 1.29 is 13.2 Å². The Hall–Kier alpha value is -0.820. The van der Waals surface area contributed by atoms with Gasteiger partial charge in [0, 0.05) is 32.7 Å². The highest BCUT2D eigenvalue weighted by atomic mass is 32.2. The normalized spacial score (nSPS) is 22.8. The van der Waals surface area contributed by atoms with Crippen molar-refractivity contribution in [2.45, 2.75) is 32.1 Å². The van der Waals surface area contributed by atoms with Crippen LogP contribution < -0.4 is 5.32 Å². The second-order valence-corrected chi connectivity index (χ2v) is 7.82. The zero-order chi connectivity index (χ0) is 14.6. The Morgan fingerprint density at radius 1 is 1.10 bits per heavy atom. The molecular formula is C13H25N3O3S. The highest BCUT2D eigenvalue weighted by molar-refractivity contribution is 7.88. The van der Waals surface area contributed by atoms with Gasteiger partial charge in [0.05, 0.1) is 6.26 Å². The van der Waals surface area contributed by atoms with Gasteiger partial charge in [-0.05, 0) is 18.8 Å². The van der Waals surface area contributed by atoms with Crippen molar-refractivity contribution in [2.24, 2.45) is 5.92 Å². The number of hydrogen-bond donors (Lipinski definition) is 1. The summed E-state index contributed by atoms with van der Waals surface area (Å²) in [5, 5.41) is 2.99. The molecule has 0 aromatic rings. The molecule has 7 heteroatoms. The molecule has 2 aliphatic rings. The monoisotopic (exact) mass is 303 g/mol. The number of carbonyl (C=O) groups is 1. The maximum Gasteiger partial charge on any atom is 0.317 e. The van der Waals surface area contributed by atoms with Crippen LogP contribution in [0.4, 0.5) is 4.79 Å². The lowest BCUT2D eigenvalue weighted by Gasteiger charge is -2.33. The van der Waals surface area contributed by atoms with E-state index in [1.807, 2.05) is 0 Å². The third kappa shape index (κ3) is 4.34. The van der Waals surface area contributed by atoms with Gasteiger partial charge in [0.1, 0.15) is 0 Å². The molecule has 1 N–H and O–H groups in total. The number of nitrogens with zero attached hydrogens (tertiary/aromatic N) is 2. The zero-order valence-electron chi connectivity index (χ0n) is 12.2. The largest absolute Gasteiger partial charge is 0.338 e. The van der Waals surface area contributed by atoms with E-state index in [4.69, 9.17) is 0 Å². The Bertz CT molecular complexity index is 424. The van der Waals surface area contributed by atoms with E-state index in [2.05, 4.69) is 5.32 Å². The molecule has 0 bridgehead atoms. The fraction of sp³-hybridized carbons (Fsp3) is 0.923. The minimum Gasteiger partial charge on any atom is -0.338 e. The summed E-state index contributed by atoms with van der Waals surface area (Å²) in [6.45, 7) is 2.50. The summed E-state index contributed by atoms with van der Waals surface area (Å²) in [5.41, 5.74) is 0. The lowest BCUT2D eigenvalue weighted by molar-refractivity contribution is 0.170. The summed E-state index contributed by atoms with van der Waals surface area (Å²) in [7, 11) is -3.13. The van der Waals surface area contributed by atoms with Crippen molar-refractivity contribution in [3.8, 4) is 0 Å². The first-order valence-corrected chi connectivity index (χ1v) is 9.29. The van der Waals surface area contributed by atoms with Gasteiger partial charge < -0.3 is 10.2 Å². The Kier molecular flexibility index (Phi) is 5.26. The first-order chi connectivity index (χ1) is 9.47. The highest BCUT2D eigenvalue weighted by Crippen LogP contribution is 2.22. The molecule has 0 radical (unpaired) electrons. The lowest BCUT2D eigenvalue weighted by Crippen LogP contribution is -2.53.